The first-order valence-electron chi connectivity index (χ1n) is 8.10. The second-order valence-electron chi connectivity index (χ2n) is 6.54. The standard InChI is InChI=1S/C17H30N4/c1-6-7-18-9-15-10-19-14(3)8-16(15)21-11-13(2)17(12-21)20(4)5/h8,10,13,17-18H,6-7,9,11-12H2,1-5H3. The molecule has 118 valence electrons. The van der Waals surface area contributed by atoms with Crippen LogP contribution in [0.25, 0.3) is 0 Å². The zero-order valence-electron chi connectivity index (χ0n) is 14.2. The van der Waals surface area contributed by atoms with Crippen molar-refractivity contribution in [2.45, 2.75) is 39.8 Å². The maximum Gasteiger partial charge on any atom is 0.0446 e. The summed E-state index contributed by atoms with van der Waals surface area (Å²) in [6.45, 7) is 10.8. The molecule has 21 heavy (non-hydrogen) atoms. The van der Waals surface area contributed by atoms with E-state index in [4.69, 9.17) is 0 Å². The number of anilines is 1. The Labute approximate surface area is 129 Å². The largest absolute Gasteiger partial charge is 0.369 e. The Morgan fingerprint density at radius 2 is 2.14 bits per heavy atom. The molecule has 1 aromatic heterocycles. The van der Waals surface area contributed by atoms with E-state index >= 15 is 0 Å². The van der Waals surface area contributed by atoms with Gasteiger partial charge in [0.25, 0.3) is 0 Å². The van der Waals surface area contributed by atoms with Crippen molar-refractivity contribution < 1.29 is 0 Å². The Bertz CT molecular complexity index is 458. The van der Waals surface area contributed by atoms with Crippen LogP contribution < -0.4 is 10.2 Å². The first-order chi connectivity index (χ1) is 10.0. The summed E-state index contributed by atoms with van der Waals surface area (Å²) in [5.41, 5.74) is 3.79. The van der Waals surface area contributed by atoms with E-state index in [0.717, 1.165) is 38.3 Å². The molecule has 1 aliphatic rings. The van der Waals surface area contributed by atoms with Gasteiger partial charge in [-0.05, 0) is 46.0 Å². The fraction of sp³-hybridized carbons (Fsp3) is 0.706. The van der Waals surface area contributed by atoms with Crippen molar-refractivity contribution in [2.75, 3.05) is 38.6 Å². The molecule has 0 bridgehead atoms. The average Bonchev–Trinajstić information content (AvgIpc) is 2.83. The van der Waals surface area contributed by atoms with Gasteiger partial charge in [0.1, 0.15) is 0 Å². The Morgan fingerprint density at radius 1 is 1.38 bits per heavy atom. The monoisotopic (exact) mass is 290 g/mol. The summed E-state index contributed by atoms with van der Waals surface area (Å²) < 4.78 is 0. The lowest BCUT2D eigenvalue weighted by Crippen LogP contribution is -2.34. The minimum absolute atomic E-state index is 0.634. The number of nitrogens with one attached hydrogen (secondary N) is 1. The van der Waals surface area contributed by atoms with Crippen LogP contribution in [-0.2, 0) is 6.54 Å². The zero-order chi connectivity index (χ0) is 15.4. The van der Waals surface area contributed by atoms with E-state index in [1.165, 1.54) is 11.3 Å². The molecule has 2 rings (SSSR count). The maximum absolute atomic E-state index is 4.49. The number of pyridine rings is 1. The van der Waals surface area contributed by atoms with Crippen molar-refractivity contribution in [3.05, 3.63) is 23.5 Å². The fourth-order valence-electron chi connectivity index (χ4n) is 3.22. The normalized spacial score (nSPS) is 22.3. The fourth-order valence-corrected chi connectivity index (χ4v) is 3.22. The molecular weight excluding hydrogens is 260 g/mol. The van der Waals surface area contributed by atoms with Gasteiger partial charge >= 0.3 is 0 Å². The van der Waals surface area contributed by atoms with E-state index in [1.807, 2.05) is 6.20 Å². The summed E-state index contributed by atoms with van der Waals surface area (Å²) in [5.74, 6) is 0.699. The highest BCUT2D eigenvalue weighted by atomic mass is 15.2. The average molecular weight is 290 g/mol. The second-order valence-corrected chi connectivity index (χ2v) is 6.54. The van der Waals surface area contributed by atoms with Crippen molar-refractivity contribution in [1.82, 2.24) is 15.2 Å². The van der Waals surface area contributed by atoms with Crippen LogP contribution >= 0.6 is 0 Å². The Hall–Kier alpha value is -1.13. The van der Waals surface area contributed by atoms with Gasteiger partial charge in [-0.15, -0.1) is 0 Å². The molecule has 1 aromatic rings. The highest BCUT2D eigenvalue weighted by Crippen LogP contribution is 2.29. The molecule has 1 fully saturated rings. The number of aryl methyl sites for hydroxylation is 1. The Morgan fingerprint density at radius 3 is 2.76 bits per heavy atom. The lowest BCUT2D eigenvalue weighted by molar-refractivity contribution is 0.266. The lowest BCUT2D eigenvalue weighted by atomic mass is 10.1. The highest BCUT2D eigenvalue weighted by molar-refractivity contribution is 5.55. The third-order valence-corrected chi connectivity index (χ3v) is 4.42. The first kappa shape index (κ1) is 16.2. The van der Waals surface area contributed by atoms with Crippen LogP contribution in [0.4, 0.5) is 5.69 Å². The molecule has 4 nitrogen and oxygen atoms in total. The van der Waals surface area contributed by atoms with E-state index in [1.54, 1.807) is 0 Å². The Kier molecular flexibility index (Phi) is 5.59. The number of hydrogen-bond acceptors (Lipinski definition) is 4. The molecule has 1 aliphatic heterocycles. The molecule has 2 atom stereocenters. The molecule has 1 N–H and O–H groups in total. The van der Waals surface area contributed by atoms with Crippen LogP contribution in [0.2, 0.25) is 0 Å². The lowest BCUT2D eigenvalue weighted by Gasteiger charge is -2.24. The summed E-state index contributed by atoms with van der Waals surface area (Å²) in [6.07, 6.45) is 3.21. The van der Waals surface area contributed by atoms with Crippen LogP contribution in [0.15, 0.2) is 12.3 Å². The van der Waals surface area contributed by atoms with Gasteiger partial charge in [-0.2, -0.15) is 0 Å². The second kappa shape index (κ2) is 7.23. The molecule has 0 amide bonds. The van der Waals surface area contributed by atoms with Crippen molar-refractivity contribution in [2.24, 2.45) is 5.92 Å². The summed E-state index contributed by atoms with van der Waals surface area (Å²) in [7, 11) is 4.37. The zero-order valence-corrected chi connectivity index (χ0v) is 14.2. The number of nitrogens with zero attached hydrogens (tertiary/aromatic N) is 3. The minimum atomic E-state index is 0.634. The van der Waals surface area contributed by atoms with Crippen LogP contribution in [0, 0.1) is 12.8 Å². The number of aromatic nitrogens is 1. The van der Waals surface area contributed by atoms with E-state index < -0.39 is 0 Å². The third kappa shape index (κ3) is 3.95. The van der Waals surface area contributed by atoms with Gasteiger partial charge < -0.3 is 15.1 Å². The molecule has 2 unspecified atom stereocenters. The summed E-state index contributed by atoms with van der Waals surface area (Å²) in [5, 5.41) is 3.50. The molecule has 4 heteroatoms. The van der Waals surface area contributed by atoms with Gasteiger partial charge in [-0.25, -0.2) is 0 Å². The van der Waals surface area contributed by atoms with Crippen molar-refractivity contribution in [1.29, 1.82) is 0 Å². The van der Waals surface area contributed by atoms with Crippen molar-refractivity contribution in [3.8, 4) is 0 Å². The molecule has 1 saturated heterocycles. The van der Waals surface area contributed by atoms with Crippen LogP contribution in [0.1, 0.15) is 31.5 Å². The number of likely N-dealkylation sites (N-methyl/N-ethyl adjacent to an activating group) is 1. The smallest absolute Gasteiger partial charge is 0.0446 e. The maximum atomic E-state index is 4.49. The quantitative estimate of drug-likeness (QED) is 0.815. The molecule has 0 radical (unpaired) electrons. The summed E-state index contributed by atoms with van der Waals surface area (Å²) >= 11 is 0. The van der Waals surface area contributed by atoms with E-state index in [9.17, 15) is 0 Å². The molecule has 0 aliphatic carbocycles. The predicted octanol–water partition coefficient (Wildman–Crippen LogP) is 2.28. The molecule has 0 spiro atoms. The highest BCUT2D eigenvalue weighted by Gasteiger charge is 2.31. The number of rotatable bonds is 6. The van der Waals surface area contributed by atoms with Gasteiger partial charge in [-0.3, -0.25) is 4.98 Å². The van der Waals surface area contributed by atoms with Gasteiger partial charge in [0.2, 0.25) is 0 Å². The summed E-state index contributed by atoms with van der Waals surface area (Å²) in [6, 6.07) is 2.88. The van der Waals surface area contributed by atoms with Gasteiger partial charge in [0, 0.05) is 48.8 Å². The van der Waals surface area contributed by atoms with Crippen LogP contribution in [0.3, 0.4) is 0 Å². The molecule has 0 aromatic carbocycles. The minimum Gasteiger partial charge on any atom is -0.369 e. The van der Waals surface area contributed by atoms with E-state index in [2.05, 4.69) is 61.0 Å². The van der Waals surface area contributed by atoms with Crippen molar-refractivity contribution >= 4 is 5.69 Å². The van der Waals surface area contributed by atoms with Crippen LogP contribution in [-0.4, -0.2) is 49.7 Å². The van der Waals surface area contributed by atoms with Crippen molar-refractivity contribution in [3.63, 3.8) is 0 Å². The molecule has 0 saturated carbocycles. The molecule has 2 heterocycles. The SMILES string of the molecule is CCCNCc1cnc(C)cc1N1CC(C)C(N(C)C)C1. The topological polar surface area (TPSA) is 31.4 Å². The van der Waals surface area contributed by atoms with E-state index in [0.29, 0.717) is 12.0 Å². The van der Waals surface area contributed by atoms with Gasteiger partial charge in [0.15, 0.2) is 0 Å². The predicted molar refractivity (Wildman–Crippen MR) is 89.8 cm³/mol. The van der Waals surface area contributed by atoms with Crippen LogP contribution in [0.5, 0.6) is 0 Å². The summed E-state index contributed by atoms with van der Waals surface area (Å²) in [4.78, 5) is 9.38. The molecular formula is C17H30N4. The van der Waals surface area contributed by atoms with Gasteiger partial charge in [0.05, 0.1) is 0 Å². The van der Waals surface area contributed by atoms with Gasteiger partial charge in [-0.1, -0.05) is 13.8 Å². The van der Waals surface area contributed by atoms with E-state index in [-0.39, 0.29) is 0 Å². The number of hydrogen-bond donors (Lipinski definition) is 1. The first-order valence-corrected chi connectivity index (χ1v) is 8.10. The third-order valence-electron chi connectivity index (χ3n) is 4.42. The Balaban J connectivity index is 2.16.